The number of benzene rings is 2. The molecule has 3 aromatic rings. The van der Waals surface area contributed by atoms with E-state index >= 15 is 0 Å². The summed E-state index contributed by atoms with van der Waals surface area (Å²) in [7, 11) is 1.63. The fourth-order valence-electron chi connectivity index (χ4n) is 3.73. The van der Waals surface area contributed by atoms with Crippen LogP contribution < -0.4 is 15.8 Å². The lowest BCUT2D eigenvalue weighted by molar-refractivity contribution is -0.140. The molecule has 0 bridgehead atoms. The topological polar surface area (TPSA) is 60.2 Å². The van der Waals surface area contributed by atoms with Crippen LogP contribution in [-0.4, -0.2) is 18.1 Å². The van der Waals surface area contributed by atoms with Gasteiger partial charge in [0.05, 0.1) is 12.6 Å². The number of anilines is 1. The number of rotatable bonds is 4. The van der Waals surface area contributed by atoms with E-state index in [1.807, 2.05) is 24.3 Å². The van der Waals surface area contributed by atoms with Gasteiger partial charge in [0.15, 0.2) is 0 Å². The molecule has 33 heavy (non-hydrogen) atoms. The highest BCUT2D eigenvalue weighted by molar-refractivity contribution is 6.31. The van der Waals surface area contributed by atoms with Crippen molar-refractivity contribution in [3.8, 4) is 5.75 Å². The molecule has 1 fully saturated rings. The standard InChI is InChI=1S/C16H16ClF3N2.C9H11NO/c17-10-6-7-13-12(8-10)14(9-15(22-13)16(18,19)20)21-11-4-2-1-3-5-11;1-7(10)8-3-5-9(11-2)6-4-8/h6-9,11H,1-5H2,(H,21,22);3-6H,1,10H2,2H3. The Bertz CT molecular complexity index is 1090. The van der Waals surface area contributed by atoms with Crippen molar-refractivity contribution in [1.82, 2.24) is 4.98 Å². The molecule has 1 saturated carbocycles. The van der Waals surface area contributed by atoms with Crippen LogP contribution in [-0.2, 0) is 6.18 Å². The van der Waals surface area contributed by atoms with E-state index in [0.717, 1.165) is 43.1 Å². The van der Waals surface area contributed by atoms with E-state index in [1.165, 1.54) is 12.5 Å². The minimum Gasteiger partial charge on any atom is -0.497 e. The third kappa shape index (κ3) is 6.78. The summed E-state index contributed by atoms with van der Waals surface area (Å²) < 4.78 is 44.1. The van der Waals surface area contributed by atoms with Gasteiger partial charge in [0.2, 0.25) is 0 Å². The molecule has 2 aromatic carbocycles. The van der Waals surface area contributed by atoms with E-state index in [-0.39, 0.29) is 6.04 Å². The third-order valence-electron chi connectivity index (χ3n) is 5.49. The smallest absolute Gasteiger partial charge is 0.433 e. The van der Waals surface area contributed by atoms with Crippen molar-refractivity contribution < 1.29 is 17.9 Å². The van der Waals surface area contributed by atoms with E-state index in [1.54, 1.807) is 19.2 Å². The number of hydrogen-bond acceptors (Lipinski definition) is 4. The molecule has 0 saturated heterocycles. The molecule has 1 aliphatic rings. The first-order chi connectivity index (χ1) is 15.7. The van der Waals surface area contributed by atoms with Crippen molar-refractivity contribution in [2.24, 2.45) is 5.73 Å². The quantitative estimate of drug-likeness (QED) is 0.414. The number of methoxy groups -OCH3 is 1. The predicted molar refractivity (Wildman–Crippen MR) is 128 cm³/mol. The second kappa shape index (κ2) is 10.8. The zero-order valence-electron chi connectivity index (χ0n) is 18.4. The van der Waals surface area contributed by atoms with E-state index < -0.39 is 11.9 Å². The SMILES string of the molecule is C=C(N)c1ccc(OC)cc1.FC(F)(F)c1cc(NC2CCCCC2)c2cc(Cl)ccc2n1. The van der Waals surface area contributed by atoms with Crippen LogP contribution in [0.15, 0.2) is 55.1 Å². The van der Waals surface area contributed by atoms with Crippen LogP contribution in [0.5, 0.6) is 5.75 Å². The summed E-state index contributed by atoms with van der Waals surface area (Å²) in [6, 6.07) is 13.5. The summed E-state index contributed by atoms with van der Waals surface area (Å²) in [6.45, 7) is 3.62. The summed E-state index contributed by atoms with van der Waals surface area (Å²) in [5, 5.41) is 4.38. The van der Waals surface area contributed by atoms with Crippen molar-refractivity contribution in [3.63, 3.8) is 0 Å². The Hall–Kier alpha value is -2.93. The highest BCUT2D eigenvalue weighted by atomic mass is 35.5. The minimum atomic E-state index is -4.46. The lowest BCUT2D eigenvalue weighted by Gasteiger charge is -2.25. The van der Waals surface area contributed by atoms with Gasteiger partial charge < -0.3 is 15.8 Å². The molecule has 4 rings (SSSR count). The number of hydrogen-bond donors (Lipinski definition) is 2. The van der Waals surface area contributed by atoms with Crippen LogP contribution in [0, 0.1) is 0 Å². The average molecular weight is 478 g/mol. The normalized spacial score (nSPS) is 14.3. The van der Waals surface area contributed by atoms with Crippen LogP contribution in [0.1, 0.15) is 43.4 Å². The van der Waals surface area contributed by atoms with Gasteiger partial charge in [-0.3, -0.25) is 0 Å². The number of nitrogens with one attached hydrogen (secondary N) is 1. The van der Waals surface area contributed by atoms with Crippen LogP contribution in [0.4, 0.5) is 18.9 Å². The maximum atomic E-state index is 13.0. The Morgan fingerprint density at radius 1 is 1.09 bits per heavy atom. The number of halogens is 4. The van der Waals surface area contributed by atoms with Gasteiger partial charge in [-0.05, 0) is 66.9 Å². The maximum Gasteiger partial charge on any atom is 0.433 e. The zero-order chi connectivity index (χ0) is 24.0. The lowest BCUT2D eigenvalue weighted by atomic mass is 9.95. The molecule has 3 N–H and O–H groups in total. The molecule has 0 unspecified atom stereocenters. The molecule has 0 amide bonds. The zero-order valence-corrected chi connectivity index (χ0v) is 19.1. The highest BCUT2D eigenvalue weighted by Crippen LogP contribution is 2.35. The Kier molecular flexibility index (Phi) is 8.08. The van der Waals surface area contributed by atoms with E-state index in [0.29, 0.717) is 27.3 Å². The molecule has 1 heterocycles. The Morgan fingerprint density at radius 3 is 2.33 bits per heavy atom. The number of aromatic nitrogens is 1. The van der Waals surface area contributed by atoms with E-state index in [4.69, 9.17) is 22.1 Å². The van der Waals surface area contributed by atoms with Crippen LogP contribution in [0.2, 0.25) is 5.02 Å². The van der Waals surface area contributed by atoms with Crippen molar-refractivity contribution in [3.05, 3.63) is 71.4 Å². The maximum absolute atomic E-state index is 13.0. The molecule has 1 aromatic heterocycles. The number of nitrogens with two attached hydrogens (primary N) is 1. The van der Waals surface area contributed by atoms with Gasteiger partial charge >= 0.3 is 6.18 Å². The highest BCUT2D eigenvalue weighted by Gasteiger charge is 2.33. The molecule has 1 aliphatic carbocycles. The first kappa shape index (κ1) is 24.7. The second-order valence-electron chi connectivity index (χ2n) is 7.95. The first-order valence-electron chi connectivity index (χ1n) is 10.7. The number of fused-ring (bicyclic) bond motifs is 1. The van der Waals surface area contributed by atoms with Gasteiger partial charge in [-0.1, -0.05) is 37.4 Å². The number of nitrogens with zero attached hydrogens (tertiary/aromatic N) is 1. The Labute approximate surface area is 196 Å². The van der Waals surface area contributed by atoms with Crippen LogP contribution in [0.3, 0.4) is 0 Å². The Morgan fingerprint density at radius 2 is 1.76 bits per heavy atom. The summed E-state index contributed by atoms with van der Waals surface area (Å²) in [5.41, 5.74) is 6.88. The molecular weight excluding hydrogens is 451 g/mol. The van der Waals surface area contributed by atoms with Gasteiger partial charge in [-0.2, -0.15) is 13.2 Å². The molecule has 0 aliphatic heterocycles. The lowest BCUT2D eigenvalue weighted by Crippen LogP contribution is -2.23. The van der Waals surface area contributed by atoms with Gasteiger partial charge in [-0.15, -0.1) is 0 Å². The van der Waals surface area contributed by atoms with Gasteiger partial charge in [0.25, 0.3) is 0 Å². The predicted octanol–water partition coefficient (Wildman–Crippen LogP) is 7.28. The van der Waals surface area contributed by atoms with Gasteiger partial charge in [0, 0.05) is 27.8 Å². The number of ether oxygens (including phenoxy) is 1. The average Bonchev–Trinajstić information content (AvgIpc) is 2.80. The fourth-order valence-corrected chi connectivity index (χ4v) is 3.91. The van der Waals surface area contributed by atoms with Crippen molar-refractivity contribution >= 4 is 33.9 Å². The minimum absolute atomic E-state index is 0.208. The van der Waals surface area contributed by atoms with Crippen LogP contribution in [0.25, 0.3) is 16.6 Å². The van der Waals surface area contributed by atoms with Crippen molar-refractivity contribution in [1.29, 1.82) is 0 Å². The largest absolute Gasteiger partial charge is 0.497 e. The molecule has 176 valence electrons. The summed E-state index contributed by atoms with van der Waals surface area (Å²) in [4.78, 5) is 3.72. The molecule has 0 spiro atoms. The number of pyridine rings is 1. The third-order valence-corrected chi connectivity index (χ3v) is 5.72. The molecule has 4 nitrogen and oxygen atoms in total. The van der Waals surface area contributed by atoms with E-state index in [2.05, 4.69) is 16.9 Å². The van der Waals surface area contributed by atoms with Crippen molar-refractivity contribution in [2.75, 3.05) is 12.4 Å². The second-order valence-corrected chi connectivity index (χ2v) is 8.38. The first-order valence-corrected chi connectivity index (χ1v) is 11.1. The van der Waals surface area contributed by atoms with Crippen molar-refractivity contribution in [2.45, 2.75) is 44.3 Å². The molecule has 0 atom stereocenters. The molecule has 8 heteroatoms. The van der Waals surface area contributed by atoms with Gasteiger partial charge in [-0.25, -0.2) is 4.98 Å². The fraction of sp³-hybridized carbons (Fsp3) is 0.320. The van der Waals surface area contributed by atoms with Gasteiger partial charge in [0.1, 0.15) is 11.4 Å². The Balaban J connectivity index is 0.000000235. The monoisotopic (exact) mass is 477 g/mol. The molecular formula is C25H27ClF3N3O. The van der Waals surface area contributed by atoms with E-state index in [9.17, 15) is 13.2 Å². The van der Waals surface area contributed by atoms with Crippen LogP contribution >= 0.6 is 11.6 Å². The number of alkyl halides is 3. The summed E-state index contributed by atoms with van der Waals surface area (Å²) in [6.07, 6.45) is 0.893. The summed E-state index contributed by atoms with van der Waals surface area (Å²) in [5.74, 6) is 0.829. The summed E-state index contributed by atoms with van der Waals surface area (Å²) >= 11 is 5.99. The molecule has 0 radical (unpaired) electrons.